The van der Waals surface area contributed by atoms with E-state index in [4.69, 9.17) is 4.52 Å². The quantitative estimate of drug-likeness (QED) is 0.478. The molecular formula is C23H33N5O5S. The molecule has 1 aromatic carbocycles. The van der Waals surface area contributed by atoms with Gasteiger partial charge < -0.3 is 14.7 Å². The highest BCUT2D eigenvalue weighted by atomic mass is 32.2. The number of nitrogens with zero attached hydrogens (tertiary/aromatic N) is 4. The van der Waals surface area contributed by atoms with Crippen molar-refractivity contribution in [1.29, 1.82) is 0 Å². The molecule has 1 atom stereocenters. The maximum Gasteiger partial charge on any atom is 0.243 e. The Kier molecular flexibility index (Phi) is 8.42. The van der Waals surface area contributed by atoms with Crippen LogP contribution in [-0.4, -0.2) is 60.9 Å². The van der Waals surface area contributed by atoms with Crippen molar-refractivity contribution in [1.82, 2.24) is 19.8 Å². The van der Waals surface area contributed by atoms with Gasteiger partial charge in [-0.05, 0) is 30.7 Å². The zero-order valence-corrected chi connectivity index (χ0v) is 21.0. The zero-order chi connectivity index (χ0) is 24.9. The molecule has 1 aromatic heterocycles. The summed E-state index contributed by atoms with van der Waals surface area (Å²) in [5.41, 5.74) is 0.580. The van der Waals surface area contributed by atoms with Crippen molar-refractivity contribution >= 4 is 27.5 Å². The summed E-state index contributed by atoms with van der Waals surface area (Å²) in [7, 11) is -3.56. The number of rotatable bonds is 11. The molecule has 0 bridgehead atoms. The van der Waals surface area contributed by atoms with Gasteiger partial charge in [-0.1, -0.05) is 32.9 Å². The third-order valence-electron chi connectivity index (χ3n) is 5.85. The number of benzene rings is 1. The van der Waals surface area contributed by atoms with E-state index in [1.807, 2.05) is 13.8 Å². The smallest absolute Gasteiger partial charge is 0.243 e. The fraction of sp³-hybridized carbons (Fsp3) is 0.565. The Morgan fingerprint density at radius 1 is 1.24 bits per heavy atom. The van der Waals surface area contributed by atoms with Gasteiger partial charge in [-0.25, -0.2) is 8.42 Å². The predicted molar refractivity (Wildman–Crippen MR) is 127 cm³/mol. The maximum absolute atomic E-state index is 12.7. The molecule has 10 nitrogen and oxygen atoms in total. The molecule has 186 valence electrons. The maximum atomic E-state index is 12.7. The van der Waals surface area contributed by atoms with Crippen molar-refractivity contribution < 1.29 is 22.5 Å². The van der Waals surface area contributed by atoms with Crippen LogP contribution in [0.3, 0.4) is 0 Å². The number of carbonyl (C=O) groups is 2. The Labute approximate surface area is 200 Å². The van der Waals surface area contributed by atoms with Gasteiger partial charge in [0.15, 0.2) is 5.82 Å². The number of carbonyl (C=O) groups excluding carboxylic acids is 2. The summed E-state index contributed by atoms with van der Waals surface area (Å²) in [6, 6.07) is 6.24. The molecule has 2 amide bonds. The van der Waals surface area contributed by atoms with E-state index >= 15 is 0 Å². The summed E-state index contributed by atoms with van der Waals surface area (Å²) in [5, 5.41) is 6.80. The number of anilines is 1. The van der Waals surface area contributed by atoms with Crippen LogP contribution in [0.2, 0.25) is 0 Å². The number of nitrogens with one attached hydrogen (secondary N) is 1. The summed E-state index contributed by atoms with van der Waals surface area (Å²) in [4.78, 5) is 31.1. The third-order valence-corrected chi connectivity index (χ3v) is 7.92. The second-order valence-electron chi connectivity index (χ2n) is 8.58. The van der Waals surface area contributed by atoms with Crippen molar-refractivity contribution in [3.63, 3.8) is 0 Å². The normalized spacial score (nSPS) is 16.6. The van der Waals surface area contributed by atoms with E-state index in [2.05, 4.69) is 15.5 Å². The summed E-state index contributed by atoms with van der Waals surface area (Å²) >= 11 is 0. The molecule has 11 heteroatoms. The molecule has 0 radical (unpaired) electrons. The van der Waals surface area contributed by atoms with Crippen LogP contribution in [0.25, 0.3) is 0 Å². The number of hydrogen-bond donors (Lipinski definition) is 1. The van der Waals surface area contributed by atoms with Gasteiger partial charge in [-0.2, -0.15) is 9.29 Å². The Balaban J connectivity index is 1.52. The van der Waals surface area contributed by atoms with E-state index < -0.39 is 15.9 Å². The lowest BCUT2D eigenvalue weighted by Crippen LogP contribution is -2.33. The lowest BCUT2D eigenvalue weighted by Gasteiger charge is -2.20. The summed E-state index contributed by atoms with van der Waals surface area (Å²) in [5.74, 6) is 0.621. The van der Waals surface area contributed by atoms with Gasteiger partial charge in [-0.15, -0.1) is 0 Å². The van der Waals surface area contributed by atoms with Crippen LogP contribution in [-0.2, 0) is 26.0 Å². The predicted octanol–water partition coefficient (Wildman–Crippen LogP) is 2.33. The Morgan fingerprint density at radius 2 is 1.91 bits per heavy atom. The lowest BCUT2D eigenvalue weighted by atomic mass is 10.1. The second-order valence-corrected chi connectivity index (χ2v) is 10.5. The minimum absolute atomic E-state index is 0.118. The van der Waals surface area contributed by atoms with Crippen LogP contribution < -0.4 is 10.2 Å². The molecule has 1 saturated heterocycles. The molecular weight excluding hydrogens is 458 g/mol. The summed E-state index contributed by atoms with van der Waals surface area (Å²) in [6.45, 7) is 9.03. The Morgan fingerprint density at radius 3 is 2.50 bits per heavy atom. The number of sulfonamides is 1. The van der Waals surface area contributed by atoms with E-state index in [9.17, 15) is 18.0 Å². The minimum Gasteiger partial charge on any atom is -0.356 e. The van der Waals surface area contributed by atoms with Gasteiger partial charge in [0.25, 0.3) is 0 Å². The van der Waals surface area contributed by atoms with Gasteiger partial charge in [0.05, 0.1) is 10.8 Å². The molecule has 1 aliphatic heterocycles. The molecule has 34 heavy (non-hydrogen) atoms. The molecule has 1 fully saturated rings. The molecule has 0 spiro atoms. The van der Waals surface area contributed by atoms with Gasteiger partial charge in [-0.3, -0.25) is 9.59 Å². The van der Waals surface area contributed by atoms with E-state index in [0.29, 0.717) is 49.9 Å². The largest absolute Gasteiger partial charge is 0.356 e. The fourth-order valence-corrected chi connectivity index (χ4v) is 5.30. The number of aromatic nitrogens is 2. The molecule has 1 unspecified atom stereocenters. The first kappa shape index (κ1) is 25.8. The summed E-state index contributed by atoms with van der Waals surface area (Å²) in [6.07, 6.45) is 1.34. The number of amides is 2. The minimum atomic E-state index is -3.56. The first-order chi connectivity index (χ1) is 16.2. The van der Waals surface area contributed by atoms with Gasteiger partial charge in [0.2, 0.25) is 27.7 Å². The molecule has 1 aliphatic rings. The second kappa shape index (κ2) is 11.1. The molecule has 1 N–H and O–H groups in total. The zero-order valence-electron chi connectivity index (χ0n) is 20.2. The van der Waals surface area contributed by atoms with Crippen molar-refractivity contribution in [2.45, 2.75) is 57.8 Å². The third kappa shape index (κ3) is 5.82. The first-order valence-corrected chi connectivity index (χ1v) is 13.1. The molecule has 0 aliphatic carbocycles. The van der Waals surface area contributed by atoms with Crippen LogP contribution in [0.15, 0.2) is 33.7 Å². The van der Waals surface area contributed by atoms with Crippen LogP contribution in [0, 0.1) is 5.92 Å². The van der Waals surface area contributed by atoms with E-state index in [1.54, 1.807) is 26.0 Å². The highest BCUT2D eigenvalue weighted by Crippen LogP contribution is 2.27. The van der Waals surface area contributed by atoms with E-state index in [-0.39, 0.29) is 35.6 Å². The lowest BCUT2D eigenvalue weighted by molar-refractivity contribution is -0.126. The standard InChI is InChI=1S/C23H33N5O5S/c1-5-27(6-2)34(31,32)19-11-9-18(10-12-19)28-15-17(14-21(28)29)23(30)24-13-7-8-20-25-22(16(3)4)26-33-20/h9-12,16-17H,5-8,13-15H2,1-4H3,(H,24,30). The Bertz CT molecular complexity index is 1090. The van der Waals surface area contributed by atoms with Gasteiger partial charge in [0.1, 0.15) is 0 Å². The number of aryl methyl sites for hydroxylation is 1. The molecule has 2 aromatic rings. The highest BCUT2D eigenvalue weighted by molar-refractivity contribution is 7.89. The van der Waals surface area contributed by atoms with E-state index in [1.165, 1.54) is 21.3 Å². The van der Waals surface area contributed by atoms with Gasteiger partial charge in [0, 0.05) is 50.6 Å². The SMILES string of the molecule is CCN(CC)S(=O)(=O)c1ccc(N2CC(C(=O)NCCCc3nc(C(C)C)no3)CC2=O)cc1. The number of hydrogen-bond acceptors (Lipinski definition) is 7. The highest BCUT2D eigenvalue weighted by Gasteiger charge is 2.35. The van der Waals surface area contributed by atoms with Crippen LogP contribution in [0.1, 0.15) is 58.2 Å². The topological polar surface area (TPSA) is 126 Å². The van der Waals surface area contributed by atoms with Crippen molar-refractivity contribution in [3.8, 4) is 0 Å². The van der Waals surface area contributed by atoms with Crippen molar-refractivity contribution in [2.24, 2.45) is 5.92 Å². The molecule has 2 heterocycles. The fourth-order valence-electron chi connectivity index (χ4n) is 3.84. The Hall–Kier alpha value is -2.79. The molecule has 0 saturated carbocycles. The summed E-state index contributed by atoms with van der Waals surface area (Å²) < 4.78 is 31.9. The van der Waals surface area contributed by atoms with E-state index in [0.717, 1.165) is 0 Å². The monoisotopic (exact) mass is 491 g/mol. The van der Waals surface area contributed by atoms with Crippen molar-refractivity contribution in [2.75, 3.05) is 31.1 Å². The van der Waals surface area contributed by atoms with Crippen LogP contribution in [0.4, 0.5) is 5.69 Å². The van der Waals surface area contributed by atoms with Crippen molar-refractivity contribution in [3.05, 3.63) is 36.0 Å². The van der Waals surface area contributed by atoms with Crippen LogP contribution in [0.5, 0.6) is 0 Å². The van der Waals surface area contributed by atoms with Crippen LogP contribution >= 0.6 is 0 Å². The molecule has 3 rings (SSSR count). The average molecular weight is 492 g/mol. The first-order valence-electron chi connectivity index (χ1n) is 11.7. The van der Waals surface area contributed by atoms with Gasteiger partial charge >= 0.3 is 0 Å². The average Bonchev–Trinajstić information content (AvgIpc) is 3.44.